The molecule has 0 aliphatic heterocycles. The molecular weight excluding hydrogens is 466 g/mol. The standard InChI is InChI=1S/C29H49N5O3/c1-8-16-32(4)25(9-2)18-31-21-29(14-15-29)34(6)26-12-11-23(20-35)24(17-26)19-33(5)27(28(30)36)13-10-22(3)37-7/h8,11-12,16-17,20,22,25,27,31H,9-10,13-15,18-19,21H2,1-7H3,(H2,30,36)/b16-8-. The maximum atomic E-state index is 12.2. The normalized spacial score (nSPS) is 17.0. The average Bonchev–Trinajstić information content (AvgIpc) is 3.66. The summed E-state index contributed by atoms with van der Waals surface area (Å²) in [6.07, 6.45) is 9.82. The molecule has 1 saturated carbocycles. The van der Waals surface area contributed by atoms with E-state index in [2.05, 4.69) is 54.5 Å². The van der Waals surface area contributed by atoms with Crippen LogP contribution in [0.15, 0.2) is 30.5 Å². The van der Waals surface area contributed by atoms with Crippen LogP contribution in [0.2, 0.25) is 0 Å². The van der Waals surface area contributed by atoms with Gasteiger partial charge in [-0.25, -0.2) is 0 Å². The molecule has 208 valence electrons. The van der Waals surface area contributed by atoms with Crippen LogP contribution in [0.4, 0.5) is 5.69 Å². The zero-order valence-electron chi connectivity index (χ0n) is 24.0. The van der Waals surface area contributed by atoms with Crippen molar-refractivity contribution < 1.29 is 14.3 Å². The summed E-state index contributed by atoms with van der Waals surface area (Å²) in [7, 11) is 7.82. The van der Waals surface area contributed by atoms with Gasteiger partial charge in [0.25, 0.3) is 0 Å². The molecule has 0 heterocycles. The fraction of sp³-hybridized carbons (Fsp3) is 0.655. The third-order valence-electron chi connectivity index (χ3n) is 7.97. The number of allylic oxidation sites excluding steroid dienone is 1. The van der Waals surface area contributed by atoms with Gasteiger partial charge in [0, 0.05) is 58.1 Å². The van der Waals surface area contributed by atoms with Gasteiger partial charge in [-0.2, -0.15) is 0 Å². The number of rotatable bonds is 18. The second-order valence-corrected chi connectivity index (χ2v) is 10.6. The van der Waals surface area contributed by atoms with E-state index < -0.39 is 6.04 Å². The third-order valence-corrected chi connectivity index (χ3v) is 7.97. The van der Waals surface area contributed by atoms with E-state index in [1.54, 1.807) is 7.11 Å². The summed E-state index contributed by atoms with van der Waals surface area (Å²) in [5.74, 6) is -0.361. The van der Waals surface area contributed by atoms with Crippen molar-refractivity contribution in [2.75, 3.05) is 46.2 Å². The Labute approximate surface area is 224 Å². The summed E-state index contributed by atoms with van der Waals surface area (Å²) in [5, 5.41) is 3.71. The Balaban J connectivity index is 2.11. The van der Waals surface area contributed by atoms with Crippen LogP contribution in [0.25, 0.3) is 0 Å². The first kappa shape index (κ1) is 30.8. The van der Waals surface area contributed by atoms with Gasteiger partial charge in [0.05, 0.1) is 17.7 Å². The van der Waals surface area contributed by atoms with E-state index >= 15 is 0 Å². The summed E-state index contributed by atoms with van der Waals surface area (Å²) in [6, 6.07) is 6.02. The number of nitrogens with two attached hydrogens (primary N) is 1. The largest absolute Gasteiger partial charge is 0.382 e. The molecule has 2 rings (SSSR count). The number of carbonyl (C=O) groups excluding carboxylic acids is 2. The molecule has 37 heavy (non-hydrogen) atoms. The molecule has 1 aliphatic rings. The van der Waals surface area contributed by atoms with Crippen molar-refractivity contribution in [3.05, 3.63) is 41.6 Å². The van der Waals surface area contributed by atoms with Crippen LogP contribution in [0.5, 0.6) is 0 Å². The number of nitrogens with zero attached hydrogens (tertiary/aromatic N) is 3. The lowest BCUT2D eigenvalue weighted by atomic mass is 10.0. The third kappa shape index (κ3) is 8.55. The van der Waals surface area contributed by atoms with Crippen LogP contribution in [0.3, 0.4) is 0 Å². The van der Waals surface area contributed by atoms with Gasteiger partial charge in [0.15, 0.2) is 0 Å². The van der Waals surface area contributed by atoms with Crippen LogP contribution in [-0.4, -0.2) is 87.1 Å². The second kappa shape index (κ2) is 14.5. The zero-order valence-corrected chi connectivity index (χ0v) is 24.0. The predicted molar refractivity (Wildman–Crippen MR) is 152 cm³/mol. The molecule has 8 heteroatoms. The van der Waals surface area contributed by atoms with Crippen molar-refractivity contribution in [3.63, 3.8) is 0 Å². The molecule has 1 aliphatic carbocycles. The molecule has 0 saturated heterocycles. The Morgan fingerprint density at radius 1 is 1.24 bits per heavy atom. The summed E-state index contributed by atoms with van der Waals surface area (Å²) in [4.78, 5) is 30.6. The van der Waals surface area contributed by atoms with E-state index in [9.17, 15) is 9.59 Å². The number of hydrogen-bond acceptors (Lipinski definition) is 7. The molecule has 1 aromatic carbocycles. The average molecular weight is 516 g/mol. The Kier molecular flexibility index (Phi) is 12.1. The Bertz CT molecular complexity index is 902. The molecule has 3 N–H and O–H groups in total. The van der Waals surface area contributed by atoms with Crippen LogP contribution < -0.4 is 16.0 Å². The van der Waals surface area contributed by atoms with Crippen LogP contribution >= 0.6 is 0 Å². The van der Waals surface area contributed by atoms with Crippen LogP contribution in [0.1, 0.15) is 68.8 Å². The second-order valence-electron chi connectivity index (χ2n) is 10.6. The maximum absolute atomic E-state index is 12.2. The molecule has 0 aromatic heterocycles. The Morgan fingerprint density at radius 3 is 2.49 bits per heavy atom. The minimum Gasteiger partial charge on any atom is -0.382 e. The molecule has 3 atom stereocenters. The highest BCUT2D eigenvalue weighted by Gasteiger charge is 2.46. The smallest absolute Gasteiger partial charge is 0.234 e. The highest BCUT2D eigenvalue weighted by atomic mass is 16.5. The molecular formula is C29H49N5O3. The van der Waals surface area contributed by atoms with Gasteiger partial charge in [-0.15, -0.1) is 0 Å². The molecule has 1 fully saturated rings. The Morgan fingerprint density at radius 2 is 1.95 bits per heavy atom. The topological polar surface area (TPSA) is 91.1 Å². The van der Waals surface area contributed by atoms with E-state index in [0.29, 0.717) is 24.6 Å². The van der Waals surface area contributed by atoms with Gasteiger partial charge in [-0.3, -0.25) is 14.5 Å². The number of benzene rings is 1. The number of likely N-dealkylation sites (N-methyl/N-ethyl adjacent to an activating group) is 3. The van der Waals surface area contributed by atoms with Gasteiger partial charge in [-0.1, -0.05) is 13.0 Å². The van der Waals surface area contributed by atoms with Crippen molar-refractivity contribution in [1.82, 2.24) is 15.1 Å². The van der Waals surface area contributed by atoms with E-state index in [1.165, 1.54) is 0 Å². The molecule has 0 radical (unpaired) electrons. The lowest BCUT2D eigenvalue weighted by molar-refractivity contribution is -0.123. The van der Waals surface area contributed by atoms with Gasteiger partial charge in [0.2, 0.25) is 5.91 Å². The van der Waals surface area contributed by atoms with Crippen LogP contribution in [-0.2, 0) is 16.1 Å². The molecule has 8 nitrogen and oxygen atoms in total. The number of anilines is 1. The van der Waals surface area contributed by atoms with Crippen molar-refractivity contribution in [3.8, 4) is 0 Å². The first-order chi connectivity index (χ1) is 17.6. The molecule has 1 amide bonds. The van der Waals surface area contributed by atoms with Crippen LogP contribution in [0, 0.1) is 0 Å². The number of nitrogens with one attached hydrogen (secondary N) is 1. The van der Waals surface area contributed by atoms with Gasteiger partial charge < -0.3 is 25.6 Å². The fourth-order valence-electron chi connectivity index (χ4n) is 4.98. The number of carbonyl (C=O) groups is 2. The minimum absolute atomic E-state index is 0.0530. The van der Waals surface area contributed by atoms with E-state index in [-0.39, 0.29) is 17.6 Å². The highest BCUT2D eigenvalue weighted by Crippen LogP contribution is 2.43. The van der Waals surface area contributed by atoms with E-state index in [4.69, 9.17) is 10.5 Å². The molecule has 1 aromatic rings. The van der Waals surface area contributed by atoms with Gasteiger partial charge in [0.1, 0.15) is 6.29 Å². The van der Waals surface area contributed by atoms with E-state index in [1.807, 2.05) is 37.9 Å². The number of hydrogen-bond donors (Lipinski definition) is 2. The number of amides is 1. The molecule has 3 unspecified atom stereocenters. The zero-order chi connectivity index (χ0) is 27.6. The number of methoxy groups -OCH3 is 1. The summed E-state index contributed by atoms with van der Waals surface area (Å²) in [5.41, 5.74) is 8.43. The monoisotopic (exact) mass is 515 g/mol. The predicted octanol–water partition coefficient (Wildman–Crippen LogP) is 3.40. The Hall–Kier alpha value is -2.42. The lowest BCUT2D eigenvalue weighted by Crippen LogP contribution is -2.46. The highest BCUT2D eigenvalue weighted by molar-refractivity contribution is 5.80. The summed E-state index contributed by atoms with van der Waals surface area (Å²) >= 11 is 0. The fourth-order valence-corrected chi connectivity index (χ4v) is 4.98. The van der Waals surface area contributed by atoms with Crippen molar-refractivity contribution >= 4 is 17.9 Å². The first-order valence-electron chi connectivity index (χ1n) is 13.5. The number of aldehydes is 1. The van der Waals surface area contributed by atoms with Crippen molar-refractivity contribution in [2.45, 2.75) is 83.1 Å². The van der Waals surface area contributed by atoms with E-state index in [0.717, 1.165) is 56.3 Å². The molecule has 0 bridgehead atoms. The molecule has 0 spiro atoms. The maximum Gasteiger partial charge on any atom is 0.234 e. The lowest BCUT2D eigenvalue weighted by Gasteiger charge is -2.33. The SMILES string of the molecule is C/C=C\N(C)C(CC)CNCC1(N(C)c2ccc(C=O)c(CN(C)C(CCC(C)OC)C(N)=O)c2)CC1. The van der Waals surface area contributed by atoms with Crippen molar-refractivity contribution in [2.24, 2.45) is 5.73 Å². The van der Waals surface area contributed by atoms with Crippen molar-refractivity contribution in [1.29, 1.82) is 0 Å². The number of ether oxygens (including phenoxy) is 1. The van der Waals surface area contributed by atoms with Gasteiger partial charge in [-0.05, 0) is 83.0 Å². The quantitative estimate of drug-likeness (QED) is 0.290. The summed E-state index contributed by atoms with van der Waals surface area (Å²) in [6.45, 7) is 8.56. The number of primary amides is 1. The first-order valence-corrected chi connectivity index (χ1v) is 13.5. The summed E-state index contributed by atoms with van der Waals surface area (Å²) < 4.78 is 5.33. The van der Waals surface area contributed by atoms with Gasteiger partial charge >= 0.3 is 0 Å². The minimum atomic E-state index is -0.426.